The molecule has 0 fully saturated rings. The molecule has 0 spiro atoms. The standard InChI is InChI=1S/C24H24BrNO3/c1-24(2)13-19-23(20(27)14-24)16(15-8-4-7-11-21(15)29-3)12-22(28)26(19)18-10-6-5-9-17(18)25/h4-11,16H,12-14H2,1-3H3. The lowest BCUT2D eigenvalue weighted by Gasteiger charge is -2.43. The van der Waals surface area contributed by atoms with Crippen molar-refractivity contribution < 1.29 is 14.3 Å². The average molecular weight is 454 g/mol. The third kappa shape index (κ3) is 3.52. The molecule has 2 aromatic rings. The Labute approximate surface area is 179 Å². The number of ether oxygens (including phenoxy) is 1. The number of amides is 1. The maximum atomic E-state index is 13.4. The van der Waals surface area contributed by atoms with Crippen LogP contribution in [-0.2, 0) is 9.59 Å². The van der Waals surface area contributed by atoms with E-state index >= 15 is 0 Å². The van der Waals surface area contributed by atoms with Crippen LogP contribution in [0.3, 0.4) is 0 Å². The van der Waals surface area contributed by atoms with Crippen molar-refractivity contribution in [1.29, 1.82) is 0 Å². The fourth-order valence-electron chi connectivity index (χ4n) is 4.55. The summed E-state index contributed by atoms with van der Waals surface area (Å²) in [5.74, 6) is 0.550. The second kappa shape index (κ2) is 7.45. The van der Waals surface area contributed by atoms with Gasteiger partial charge in [0.2, 0.25) is 5.91 Å². The number of benzene rings is 2. The lowest BCUT2D eigenvalue weighted by molar-refractivity contribution is -0.121. The molecule has 0 saturated heterocycles. The summed E-state index contributed by atoms with van der Waals surface area (Å²) in [6, 6.07) is 15.4. The fraction of sp³-hybridized carbons (Fsp3) is 0.333. The van der Waals surface area contributed by atoms with E-state index in [1.807, 2.05) is 48.5 Å². The van der Waals surface area contributed by atoms with Crippen molar-refractivity contribution in [2.24, 2.45) is 5.41 Å². The predicted molar refractivity (Wildman–Crippen MR) is 117 cm³/mol. The number of anilines is 1. The van der Waals surface area contributed by atoms with Crippen molar-refractivity contribution >= 4 is 33.3 Å². The zero-order valence-electron chi connectivity index (χ0n) is 16.9. The number of allylic oxidation sites excluding steroid dienone is 2. The van der Waals surface area contributed by atoms with Gasteiger partial charge in [0.25, 0.3) is 0 Å². The normalized spacial score (nSPS) is 21.2. The van der Waals surface area contributed by atoms with Crippen molar-refractivity contribution in [3.63, 3.8) is 0 Å². The van der Waals surface area contributed by atoms with Crippen LogP contribution >= 0.6 is 15.9 Å². The van der Waals surface area contributed by atoms with Crippen molar-refractivity contribution in [2.75, 3.05) is 12.0 Å². The predicted octanol–water partition coefficient (Wildman–Crippen LogP) is 5.62. The molecular formula is C24H24BrNO3. The molecule has 2 aromatic carbocycles. The summed E-state index contributed by atoms with van der Waals surface area (Å²) in [6.07, 6.45) is 1.40. The van der Waals surface area contributed by atoms with E-state index in [0.29, 0.717) is 18.6 Å². The number of hydrogen-bond donors (Lipinski definition) is 0. The molecule has 0 bridgehead atoms. The van der Waals surface area contributed by atoms with E-state index in [-0.39, 0.29) is 29.4 Å². The Morgan fingerprint density at radius 3 is 2.45 bits per heavy atom. The number of carbonyl (C=O) groups is 2. The highest BCUT2D eigenvalue weighted by molar-refractivity contribution is 9.10. The van der Waals surface area contributed by atoms with Gasteiger partial charge in [-0.05, 0) is 46.0 Å². The van der Waals surface area contributed by atoms with Gasteiger partial charge in [0.05, 0.1) is 12.8 Å². The summed E-state index contributed by atoms with van der Waals surface area (Å²) >= 11 is 3.58. The quantitative estimate of drug-likeness (QED) is 0.605. The average Bonchev–Trinajstić information content (AvgIpc) is 2.67. The van der Waals surface area contributed by atoms with Crippen LogP contribution in [0.25, 0.3) is 0 Å². The molecule has 5 heteroatoms. The van der Waals surface area contributed by atoms with Crippen LogP contribution in [0.15, 0.2) is 64.3 Å². The molecule has 4 rings (SSSR count). The van der Waals surface area contributed by atoms with Gasteiger partial charge in [0.1, 0.15) is 5.75 Å². The summed E-state index contributed by atoms with van der Waals surface area (Å²) in [7, 11) is 1.62. The molecule has 1 unspecified atom stereocenters. The van der Waals surface area contributed by atoms with E-state index in [2.05, 4.69) is 29.8 Å². The minimum atomic E-state index is -0.281. The van der Waals surface area contributed by atoms with Crippen LogP contribution in [0.1, 0.15) is 44.6 Å². The zero-order chi connectivity index (χ0) is 20.8. The van der Waals surface area contributed by atoms with Gasteiger partial charge in [-0.25, -0.2) is 0 Å². The molecule has 2 aliphatic rings. The van der Waals surface area contributed by atoms with Gasteiger partial charge in [-0.3, -0.25) is 14.5 Å². The Balaban J connectivity index is 1.94. The molecule has 0 aromatic heterocycles. The van der Waals surface area contributed by atoms with Crippen LogP contribution in [0.2, 0.25) is 0 Å². The number of para-hydroxylation sites is 2. The van der Waals surface area contributed by atoms with E-state index in [4.69, 9.17) is 4.74 Å². The Morgan fingerprint density at radius 2 is 1.72 bits per heavy atom. The van der Waals surface area contributed by atoms with Gasteiger partial charge in [-0.1, -0.05) is 44.2 Å². The van der Waals surface area contributed by atoms with Crippen LogP contribution in [0, 0.1) is 5.41 Å². The van der Waals surface area contributed by atoms with E-state index in [1.54, 1.807) is 12.0 Å². The van der Waals surface area contributed by atoms with E-state index in [9.17, 15) is 9.59 Å². The number of nitrogens with zero attached hydrogens (tertiary/aromatic N) is 1. The molecule has 29 heavy (non-hydrogen) atoms. The molecule has 0 N–H and O–H groups in total. The third-order valence-electron chi connectivity index (χ3n) is 5.75. The summed E-state index contributed by atoms with van der Waals surface area (Å²) in [4.78, 5) is 28.5. The summed E-state index contributed by atoms with van der Waals surface area (Å²) in [6.45, 7) is 4.17. The molecule has 1 heterocycles. The maximum absolute atomic E-state index is 13.4. The Kier molecular flexibility index (Phi) is 5.11. The van der Waals surface area contributed by atoms with E-state index in [0.717, 1.165) is 27.0 Å². The highest BCUT2D eigenvalue weighted by atomic mass is 79.9. The second-order valence-corrected chi connectivity index (χ2v) is 9.33. The number of hydrogen-bond acceptors (Lipinski definition) is 3. The third-order valence-corrected chi connectivity index (χ3v) is 6.42. The topological polar surface area (TPSA) is 46.6 Å². The van der Waals surface area contributed by atoms with Gasteiger partial charge in [-0.15, -0.1) is 0 Å². The molecule has 0 saturated carbocycles. The van der Waals surface area contributed by atoms with Gasteiger partial charge in [0, 0.05) is 40.1 Å². The summed E-state index contributed by atoms with van der Waals surface area (Å²) < 4.78 is 6.39. The molecular weight excluding hydrogens is 430 g/mol. The lowest BCUT2D eigenvalue weighted by Crippen LogP contribution is -2.43. The number of halogens is 1. The SMILES string of the molecule is COc1ccccc1C1CC(=O)N(c2ccccc2Br)C2=C1C(=O)CC(C)(C)C2. The molecule has 150 valence electrons. The first kappa shape index (κ1) is 19.9. The van der Waals surface area contributed by atoms with Crippen LogP contribution in [0.5, 0.6) is 5.75 Å². The highest BCUT2D eigenvalue weighted by Gasteiger charge is 2.45. The van der Waals surface area contributed by atoms with Crippen molar-refractivity contribution in [2.45, 2.75) is 39.0 Å². The molecule has 4 nitrogen and oxygen atoms in total. The molecule has 1 amide bonds. The summed E-state index contributed by atoms with van der Waals surface area (Å²) in [5.41, 5.74) is 3.07. The van der Waals surface area contributed by atoms with Gasteiger partial charge >= 0.3 is 0 Å². The fourth-order valence-corrected chi connectivity index (χ4v) is 5.01. The molecule has 0 radical (unpaired) electrons. The Bertz CT molecular complexity index is 1020. The minimum Gasteiger partial charge on any atom is -0.496 e. The highest BCUT2D eigenvalue weighted by Crippen LogP contribution is 2.50. The Morgan fingerprint density at radius 1 is 1.03 bits per heavy atom. The van der Waals surface area contributed by atoms with Crippen molar-refractivity contribution in [1.82, 2.24) is 0 Å². The van der Waals surface area contributed by atoms with E-state index < -0.39 is 0 Å². The minimum absolute atomic E-state index is 0.00273. The molecule has 1 aliphatic carbocycles. The molecule has 1 aliphatic heterocycles. The van der Waals surface area contributed by atoms with Gasteiger partial charge in [0.15, 0.2) is 5.78 Å². The van der Waals surface area contributed by atoms with Crippen molar-refractivity contribution in [3.05, 3.63) is 69.8 Å². The first-order chi connectivity index (χ1) is 13.8. The largest absolute Gasteiger partial charge is 0.496 e. The first-order valence-corrected chi connectivity index (χ1v) is 10.6. The lowest BCUT2D eigenvalue weighted by atomic mass is 9.69. The smallest absolute Gasteiger partial charge is 0.232 e. The van der Waals surface area contributed by atoms with Gasteiger partial charge in [-0.2, -0.15) is 0 Å². The number of Topliss-reactive ketones (excluding diaryl/α,β-unsaturated/α-hetero) is 1. The first-order valence-electron chi connectivity index (χ1n) is 9.79. The monoisotopic (exact) mass is 453 g/mol. The second-order valence-electron chi connectivity index (χ2n) is 8.48. The van der Waals surface area contributed by atoms with Crippen LogP contribution in [0.4, 0.5) is 5.69 Å². The Hall–Kier alpha value is -2.40. The van der Waals surface area contributed by atoms with Crippen LogP contribution < -0.4 is 9.64 Å². The van der Waals surface area contributed by atoms with Crippen LogP contribution in [-0.4, -0.2) is 18.8 Å². The number of ketones is 1. The number of rotatable bonds is 3. The number of carbonyl (C=O) groups excluding carboxylic acids is 2. The maximum Gasteiger partial charge on any atom is 0.232 e. The summed E-state index contributed by atoms with van der Waals surface area (Å²) in [5, 5.41) is 0. The zero-order valence-corrected chi connectivity index (χ0v) is 18.5. The molecule has 1 atom stereocenters. The number of methoxy groups -OCH3 is 1. The van der Waals surface area contributed by atoms with Crippen molar-refractivity contribution in [3.8, 4) is 5.75 Å². The van der Waals surface area contributed by atoms with Gasteiger partial charge < -0.3 is 4.74 Å². The van der Waals surface area contributed by atoms with E-state index in [1.165, 1.54) is 0 Å².